The van der Waals surface area contributed by atoms with Crippen molar-refractivity contribution in [2.45, 2.75) is 44.9 Å². The van der Waals surface area contributed by atoms with Gasteiger partial charge >= 0.3 is 5.24 Å². The minimum Gasteiger partial charge on any atom is -0.326 e. The van der Waals surface area contributed by atoms with E-state index < -0.39 is 0 Å². The van der Waals surface area contributed by atoms with Gasteiger partial charge in [-0.15, -0.1) is 0 Å². The van der Waals surface area contributed by atoms with E-state index in [0.717, 1.165) is 28.9 Å². The molecule has 0 saturated heterocycles. The first-order chi connectivity index (χ1) is 10.5. The average Bonchev–Trinajstić information content (AvgIpc) is 2.46. The molecular weight excluding hydrogens is 298 g/mol. The maximum atomic E-state index is 12.0. The molecule has 2 amide bonds. The summed E-state index contributed by atoms with van der Waals surface area (Å²) in [7, 11) is 0. The molecule has 1 N–H and O–H groups in total. The molecule has 2 heterocycles. The molecule has 3 rings (SSSR count). The fourth-order valence-electron chi connectivity index (χ4n) is 2.66. The van der Waals surface area contributed by atoms with Gasteiger partial charge in [0.1, 0.15) is 0 Å². The first-order valence-electron chi connectivity index (χ1n) is 7.47. The smallest absolute Gasteiger partial charge is 0.302 e. The van der Waals surface area contributed by atoms with Crippen molar-refractivity contribution in [3.63, 3.8) is 0 Å². The highest BCUT2D eigenvalue weighted by molar-refractivity contribution is 8.14. The zero-order valence-corrected chi connectivity index (χ0v) is 13.7. The molecule has 0 fully saturated rings. The number of benzene rings is 1. The summed E-state index contributed by atoms with van der Waals surface area (Å²) in [4.78, 5) is 23.5. The zero-order valence-electron chi connectivity index (χ0n) is 12.9. The van der Waals surface area contributed by atoms with Gasteiger partial charge in [-0.25, -0.2) is 5.01 Å². The lowest BCUT2D eigenvalue weighted by atomic mass is 9.97. The summed E-state index contributed by atoms with van der Waals surface area (Å²) >= 11 is 1.30. The van der Waals surface area contributed by atoms with Crippen molar-refractivity contribution >= 4 is 34.3 Å². The maximum Gasteiger partial charge on any atom is 0.302 e. The number of nitrogens with one attached hydrogen (secondary N) is 1. The number of carbonyl (C=O) groups excluding carboxylic acids is 2. The minimum absolute atomic E-state index is 0.00327. The van der Waals surface area contributed by atoms with Crippen LogP contribution >= 0.6 is 11.8 Å². The molecule has 6 heteroatoms. The zero-order chi connectivity index (χ0) is 15.9. The molecule has 2 aliphatic rings. The molecule has 1 aromatic rings. The van der Waals surface area contributed by atoms with Crippen molar-refractivity contribution in [2.24, 2.45) is 5.10 Å². The van der Waals surface area contributed by atoms with E-state index in [4.69, 9.17) is 0 Å². The molecule has 0 saturated carbocycles. The van der Waals surface area contributed by atoms with Crippen molar-refractivity contribution < 1.29 is 9.59 Å². The van der Waals surface area contributed by atoms with Crippen LogP contribution in [0.15, 0.2) is 23.3 Å². The van der Waals surface area contributed by atoms with E-state index in [1.54, 1.807) is 5.01 Å². The molecule has 0 spiro atoms. The predicted octanol–water partition coefficient (Wildman–Crippen LogP) is 3.24. The average molecular weight is 317 g/mol. The van der Waals surface area contributed by atoms with Gasteiger partial charge in [0.05, 0.1) is 17.0 Å². The Hall–Kier alpha value is -1.82. The van der Waals surface area contributed by atoms with Crippen molar-refractivity contribution in [1.82, 2.24) is 5.01 Å². The van der Waals surface area contributed by atoms with Crippen LogP contribution in [0.1, 0.15) is 38.3 Å². The van der Waals surface area contributed by atoms with Crippen LogP contribution in [0.5, 0.6) is 0 Å². The monoisotopic (exact) mass is 317 g/mol. The summed E-state index contributed by atoms with van der Waals surface area (Å²) in [5.74, 6) is 0.0655. The normalized spacial score (nSPS) is 21.5. The topological polar surface area (TPSA) is 61.8 Å². The third kappa shape index (κ3) is 2.75. The van der Waals surface area contributed by atoms with Crippen LogP contribution in [-0.2, 0) is 11.2 Å². The summed E-state index contributed by atoms with van der Waals surface area (Å²) in [6, 6.07) is 6.02. The summed E-state index contributed by atoms with van der Waals surface area (Å²) < 4.78 is 0. The van der Waals surface area contributed by atoms with E-state index >= 15 is 0 Å². The van der Waals surface area contributed by atoms with E-state index in [1.165, 1.54) is 11.8 Å². The highest BCUT2D eigenvalue weighted by atomic mass is 32.2. The minimum atomic E-state index is -0.00327. The number of aryl methyl sites for hydroxylation is 1. The Morgan fingerprint density at radius 3 is 2.82 bits per heavy atom. The van der Waals surface area contributed by atoms with Gasteiger partial charge < -0.3 is 5.32 Å². The van der Waals surface area contributed by atoms with Crippen LogP contribution < -0.4 is 5.32 Å². The number of nitrogens with zero attached hydrogens (tertiary/aromatic N) is 2. The number of hydrazone groups is 1. The Labute approximate surface area is 134 Å². The van der Waals surface area contributed by atoms with Crippen LogP contribution in [0, 0.1) is 0 Å². The van der Waals surface area contributed by atoms with E-state index in [1.807, 2.05) is 32.9 Å². The van der Waals surface area contributed by atoms with E-state index in [2.05, 4.69) is 16.5 Å². The number of fused-ring (bicyclic) bond motifs is 1. The van der Waals surface area contributed by atoms with Gasteiger partial charge in [-0.05, 0) is 50.5 Å². The molecular formula is C16H19N3O2S. The number of carbonyl (C=O) groups is 2. The quantitative estimate of drug-likeness (QED) is 0.911. The molecule has 0 bridgehead atoms. The summed E-state index contributed by atoms with van der Waals surface area (Å²) in [5.41, 5.74) is 3.95. The standard InChI is InChI=1S/C16H19N3O2S/c1-9(2)19-16(21)22-10(3)15(18-19)12-4-6-13-11(8-12)5-7-14(20)17-13/h4,6,8-10H,5,7H2,1-3H3,(H,17,20). The van der Waals surface area contributed by atoms with Crippen LogP contribution in [0.2, 0.25) is 0 Å². The third-order valence-corrected chi connectivity index (χ3v) is 4.82. The summed E-state index contributed by atoms with van der Waals surface area (Å²) in [6.07, 6.45) is 1.26. The summed E-state index contributed by atoms with van der Waals surface area (Å²) in [6.45, 7) is 5.91. The van der Waals surface area contributed by atoms with Gasteiger partial charge in [0.15, 0.2) is 0 Å². The lowest BCUT2D eigenvalue weighted by Crippen LogP contribution is -2.38. The first-order valence-corrected chi connectivity index (χ1v) is 8.35. The van der Waals surface area contributed by atoms with E-state index in [0.29, 0.717) is 6.42 Å². The van der Waals surface area contributed by atoms with Gasteiger partial charge in [0, 0.05) is 12.1 Å². The molecule has 0 aliphatic carbocycles. The highest BCUT2D eigenvalue weighted by Crippen LogP contribution is 2.30. The van der Waals surface area contributed by atoms with Crippen molar-refractivity contribution in [3.05, 3.63) is 29.3 Å². The summed E-state index contributed by atoms with van der Waals surface area (Å²) in [5, 5.41) is 9.02. The number of rotatable bonds is 2. The number of thioether (sulfide) groups is 1. The highest BCUT2D eigenvalue weighted by Gasteiger charge is 2.30. The first kappa shape index (κ1) is 15.1. The molecule has 5 nitrogen and oxygen atoms in total. The van der Waals surface area contributed by atoms with Gasteiger partial charge in [-0.2, -0.15) is 5.10 Å². The largest absolute Gasteiger partial charge is 0.326 e. The molecule has 116 valence electrons. The van der Waals surface area contributed by atoms with Crippen molar-refractivity contribution in [2.75, 3.05) is 5.32 Å². The molecule has 0 aromatic heterocycles. The Morgan fingerprint density at radius 1 is 1.32 bits per heavy atom. The van der Waals surface area contributed by atoms with Gasteiger partial charge in [-0.3, -0.25) is 9.59 Å². The Kier molecular flexibility index (Phi) is 3.95. The molecule has 1 atom stereocenters. The van der Waals surface area contributed by atoms with Crippen molar-refractivity contribution in [1.29, 1.82) is 0 Å². The number of hydrogen-bond donors (Lipinski definition) is 1. The van der Waals surface area contributed by atoms with Crippen LogP contribution in [0.3, 0.4) is 0 Å². The van der Waals surface area contributed by atoms with Crippen molar-refractivity contribution in [3.8, 4) is 0 Å². The van der Waals surface area contributed by atoms with E-state index in [9.17, 15) is 9.59 Å². The van der Waals surface area contributed by atoms with Gasteiger partial charge in [0.25, 0.3) is 0 Å². The Morgan fingerprint density at radius 2 is 2.09 bits per heavy atom. The third-order valence-electron chi connectivity index (χ3n) is 3.85. The lowest BCUT2D eigenvalue weighted by molar-refractivity contribution is -0.116. The second-order valence-electron chi connectivity index (χ2n) is 5.87. The van der Waals surface area contributed by atoms with Crippen LogP contribution in [0.25, 0.3) is 0 Å². The molecule has 0 radical (unpaired) electrons. The Bertz CT molecular complexity index is 669. The van der Waals surface area contributed by atoms with Crippen LogP contribution in [-0.4, -0.2) is 33.2 Å². The SMILES string of the molecule is CC1SC(=O)N(C(C)C)N=C1c1ccc2c(c1)CCC(=O)N2. The predicted molar refractivity (Wildman–Crippen MR) is 89.4 cm³/mol. The van der Waals surface area contributed by atoms with Gasteiger partial charge in [-0.1, -0.05) is 17.8 Å². The second-order valence-corrected chi connectivity index (χ2v) is 7.16. The lowest BCUT2D eigenvalue weighted by Gasteiger charge is -2.30. The van der Waals surface area contributed by atoms with E-state index in [-0.39, 0.29) is 22.4 Å². The van der Waals surface area contributed by atoms with Crippen LogP contribution in [0.4, 0.5) is 10.5 Å². The number of hydrogen-bond acceptors (Lipinski definition) is 4. The maximum absolute atomic E-state index is 12.0. The Balaban J connectivity index is 1.97. The second kappa shape index (κ2) is 5.76. The molecule has 2 aliphatic heterocycles. The molecule has 1 aromatic carbocycles. The fraction of sp³-hybridized carbons (Fsp3) is 0.438. The number of anilines is 1. The van der Waals surface area contributed by atoms with Gasteiger partial charge in [0.2, 0.25) is 5.91 Å². The number of amides is 2. The molecule has 22 heavy (non-hydrogen) atoms. The fourth-order valence-corrected chi connectivity index (χ4v) is 3.62. The molecule has 1 unspecified atom stereocenters.